The molecule has 0 saturated carbocycles. The van der Waals surface area contributed by atoms with Gasteiger partial charge in [-0.05, 0) is 30.9 Å². The molecule has 0 radical (unpaired) electrons. The van der Waals surface area contributed by atoms with E-state index in [2.05, 4.69) is 0 Å². The molecule has 2 unspecified atom stereocenters. The zero-order valence-electron chi connectivity index (χ0n) is 7.31. The average Bonchev–Trinajstić information content (AvgIpc) is 2.35. The highest BCUT2D eigenvalue weighted by Crippen LogP contribution is 2.29. The van der Waals surface area contributed by atoms with E-state index in [1.807, 2.05) is 18.2 Å². The highest BCUT2D eigenvalue weighted by Gasteiger charge is 2.35. The number of fused-ring (bicyclic) bond motifs is 2. The Kier molecular flexibility index (Phi) is 1.93. The molecule has 0 fully saturated rings. The lowest BCUT2D eigenvalue weighted by Crippen LogP contribution is -2.35. The van der Waals surface area contributed by atoms with Gasteiger partial charge in [-0.25, -0.2) is 0 Å². The predicted octanol–water partition coefficient (Wildman–Crippen LogP) is 1.38. The minimum atomic E-state index is -1.26. The summed E-state index contributed by atoms with van der Waals surface area (Å²) >= 11 is 0. The first kappa shape index (κ1) is 8.45. The van der Waals surface area contributed by atoms with Gasteiger partial charge in [-0.3, -0.25) is 4.79 Å². The zero-order chi connectivity index (χ0) is 9.31. The molecule has 0 aromatic carbocycles. The normalized spacial score (nSPS) is 37.3. The monoisotopic (exact) mass is 176 g/mol. The number of hydrogen-bond acceptors (Lipinski definition) is 2. The van der Waals surface area contributed by atoms with Crippen LogP contribution in [-0.4, -0.2) is 16.5 Å². The molecule has 0 aromatic heterocycles. The molecule has 2 nitrogen and oxygen atoms in total. The Bertz CT molecular complexity index is 312. The number of carbonyl (C=O) groups is 1. The van der Waals surface area contributed by atoms with Crippen molar-refractivity contribution in [2.24, 2.45) is 5.92 Å². The topological polar surface area (TPSA) is 37.3 Å². The Balaban J connectivity index is 2.40. The molecular formula is C11H12O2. The van der Waals surface area contributed by atoms with E-state index in [1.165, 1.54) is 6.08 Å². The standard InChI is InChI=1S/C11H12O2/c12-10-6-3-5-9-4-1-2-7-11(10,13)8-9/h1-4,6-7,9,13H,5,8H2. The van der Waals surface area contributed by atoms with Crippen LogP contribution < -0.4 is 0 Å². The molecule has 2 heteroatoms. The molecule has 2 rings (SSSR count). The number of ketones is 1. The van der Waals surface area contributed by atoms with E-state index in [4.69, 9.17) is 0 Å². The lowest BCUT2D eigenvalue weighted by atomic mass is 9.89. The summed E-state index contributed by atoms with van der Waals surface area (Å²) in [5, 5.41) is 10.0. The summed E-state index contributed by atoms with van der Waals surface area (Å²) in [6.45, 7) is 0. The summed E-state index contributed by atoms with van der Waals surface area (Å²) < 4.78 is 0. The third kappa shape index (κ3) is 1.49. The number of rotatable bonds is 0. The molecule has 0 spiro atoms. The fraction of sp³-hybridized carbons (Fsp3) is 0.364. The maximum Gasteiger partial charge on any atom is 0.190 e. The van der Waals surface area contributed by atoms with Crippen molar-refractivity contribution in [1.82, 2.24) is 0 Å². The predicted molar refractivity (Wildman–Crippen MR) is 50.1 cm³/mol. The Labute approximate surface area is 77.3 Å². The second kappa shape index (κ2) is 2.96. The van der Waals surface area contributed by atoms with Gasteiger partial charge in [0.25, 0.3) is 0 Å². The number of hydrogen-bond donors (Lipinski definition) is 1. The SMILES string of the molecule is O=C1C=CCC2C=CC=CC1(O)C2. The van der Waals surface area contributed by atoms with Gasteiger partial charge in [0.2, 0.25) is 0 Å². The van der Waals surface area contributed by atoms with Crippen LogP contribution in [0.25, 0.3) is 0 Å². The second-order valence-corrected chi connectivity index (χ2v) is 3.63. The van der Waals surface area contributed by atoms with Crippen LogP contribution >= 0.6 is 0 Å². The van der Waals surface area contributed by atoms with Crippen molar-refractivity contribution in [3.63, 3.8) is 0 Å². The van der Waals surface area contributed by atoms with Gasteiger partial charge in [0, 0.05) is 0 Å². The Morgan fingerprint density at radius 1 is 1.46 bits per heavy atom. The van der Waals surface area contributed by atoms with E-state index in [1.54, 1.807) is 12.2 Å². The molecule has 68 valence electrons. The molecule has 0 amide bonds. The quantitative estimate of drug-likeness (QED) is 0.605. The van der Waals surface area contributed by atoms with Crippen molar-refractivity contribution in [3.05, 3.63) is 36.5 Å². The first-order valence-electron chi connectivity index (χ1n) is 4.50. The smallest absolute Gasteiger partial charge is 0.190 e. The van der Waals surface area contributed by atoms with E-state index in [0.29, 0.717) is 6.42 Å². The molecule has 0 heterocycles. The van der Waals surface area contributed by atoms with Gasteiger partial charge in [-0.1, -0.05) is 24.3 Å². The summed E-state index contributed by atoms with van der Waals surface area (Å²) in [6.07, 6.45) is 11.9. The largest absolute Gasteiger partial charge is 0.378 e. The maximum absolute atomic E-state index is 11.5. The molecule has 0 aliphatic heterocycles. The summed E-state index contributed by atoms with van der Waals surface area (Å²) in [6, 6.07) is 0. The fourth-order valence-electron chi connectivity index (χ4n) is 1.81. The highest BCUT2D eigenvalue weighted by atomic mass is 16.3. The Morgan fingerprint density at radius 2 is 2.31 bits per heavy atom. The number of aliphatic hydroxyl groups is 1. The molecule has 0 saturated heterocycles. The van der Waals surface area contributed by atoms with E-state index < -0.39 is 5.60 Å². The van der Waals surface area contributed by atoms with Gasteiger partial charge >= 0.3 is 0 Å². The van der Waals surface area contributed by atoms with E-state index in [-0.39, 0.29) is 11.7 Å². The summed E-state index contributed by atoms with van der Waals surface area (Å²) in [5.41, 5.74) is -1.26. The fourth-order valence-corrected chi connectivity index (χ4v) is 1.81. The van der Waals surface area contributed by atoms with Crippen LogP contribution in [0.15, 0.2) is 36.5 Å². The molecule has 13 heavy (non-hydrogen) atoms. The Morgan fingerprint density at radius 3 is 3.15 bits per heavy atom. The molecule has 2 atom stereocenters. The van der Waals surface area contributed by atoms with Crippen LogP contribution in [0.4, 0.5) is 0 Å². The maximum atomic E-state index is 11.5. The minimum Gasteiger partial charge on any atom is -0.378 e. The average molecular weight is 176 g/mol. The van der Waals surface area contributed by atoms with Crippen molar-refractivity contribution in [2.45, 2.75) is 18.4 Å². The summed E-state index contributed by atoms with van der Waals surface area (Å²) in [7, 11) is 0. The minimum absolute atomic E-state index is 0.199. The third-order valence-electron chi connectivity index (χ3n) is 2.57. The van der Waals surface area contributed by atoms with E-state index >= 15 is 0 Å². The van der Waals surface area contributed by atoms with Crippen molar-refractivity contribution >= 4 is 5.78 Å². The van der Waals surface area contributed by atoms with Crippen LogP contribution in [0.2, 0.25) is 0 Å². The lowest BCUT2D eigenvalue weighted by Gasteiger charge is -2.21. The van der Waals surface area contributed by atoms with Gasteiger partial charge in [-0.15, -0.1) is 0 Å². The first-order chi connectivity index (χ1) is 6.21. The number of carbonyl (C=O) groups excluding carboxylic acids is 1. The van der Waals surface area contributed by atoms with Crippen LogP contribution in [0.5, 0.6) is 0 Å². The van der Waals surface area contributed by atoms with Crippen molar-refractivity contribution in [1.29, 1.82) is 0 Å². The van der Waals surface area contributed by atoms with Gasteiger partial charge in [-0.2, -0.15) is 0 Å². The van der Waals surface area contributed by atoms with Crippen LogP contribution in [0.3, 0.4) is 0 Å². The van der Waals surface area contributed by atoms with Crippen LogP contribution in [0.1, 0.15) is 12.8 Å². The third-order valence-corrected chi connectivity index (χ3v) is 2.57. The molecule has 1 N–H and O–H groups in total. The van der Waals surface area contributed by atoms with Gasteiger partial charge in [0.1, 0.15) is 5.60 Å². The summed E-state index contributed by atoms with van der Waals surface area (Å²) in [5.74, 6) is 0.0812. The molecule has 2 aliphatic rings. The first-order valence-corrected chi connectivity index (χ1v) is 4.50. The van der Waals surface area contributed by atoms with Gasteiger partial charge in [0.05, 0.1) is 0 Å². The van der Waals surface area contributed by atoms with Crippen molar-refractivity contribution in [3.8, 4) is 0 Å². The molecule has 0 aromatic rings. The van der Waals surface area contributed by atoms with E-state index in [0.717, 1.165) is 6.42 Å². The summed E-state index contributed by atoms with van der Waals surface area (Å²) in [4.78, 5) is 11.5. The molecule has 2 bridgehead atoms. The van der Waals surface area contributed by atoms with Crippen molar-refractivity contribution in [2.75, 3.05) is 0 Å². The van der Waals surface area contributed by atoms with Crippen LogP contribution in [-0.2, 0) is 4.79 Å². The second-order valence-electron chi connectivity index (χ2n) is 3.63. The van der Waals surface area contributed by atoms with Crippen molar-refractivity contribution < 1.29 is 9.90 Å². The number of allylic oxidation sites excluding steroid dienone is 4. The Hall–Kier alpha value is -1.15. The van der Waals surface area contributed by atoms with Crippen LogP contribution in [0, 0.1) is 5.92 Å². The van der Waals surface area contributed by atoms with E-state index in [9.17, 15) is 9.90 Å². The molecule has 2 aliphatic carbocycles. The highest BCUT2D eigenvalue weighted by molar-refractivity contribution is 5.98. The molecular weight excluding hydrogens is 164 g/mol. The zero-order valence-corrected chi connectivity index (χ0v) is 7.31. The van der Waals surface area contributed by atoms with Gasteiger partial charge < -0.3 is 5.11 Å². The lowest BCUT2D eigenvalue weighted by molar-refractivity contribution is -0.128. The van der Waals surface area contributed by atoms with Gasteiger partial charge in [0.15, 0.2) is 5.78 Å².